The van der Waals surface area contributed by atoms with Gasteiger partial charge >= 0.3 is 0 Å². The van der Waals surface area contributed by atoms with E-state index in [1.54, 1.807) is 74.2 Å². The Balaban J connectivity index is 0.00000441. The lowest BCUT2D eigenvalue weighted by atomic mass is 9.85. The number of carbonyl (C=O) groups is 5. The number of hydrogen-bond acceptors (Lipinski definition) is 11. The van der Waals surface area contributed by atoms with Gasteiger partial charge in [-0.15, -0.1) is 24.8 Å². The Morgan fingerprint density at radius 2 is 1.19 bits per heavy atom. The average Bonchev–Trinajstić information content (AvgIpc) is 3.80. The molecule has 0 saturated carbocycles. The van der Waals surface area contributed by atoms with Crippen molar-refractivity contribution in [1.29, 1.82) is 10.5 Å². The van der Waals surface area contributed by atoms with Crippen molar-refractivity contribution < 1.29 is 29.1 Å². The number of quaternary nitrogens is 1. The summed E-state index contributed by atoms with van der Waals surface area (Å²) in [6.07, 6.45) is -1.30. The van der Waals surface area contributed by atoms with E-state index in [1.807, 2.05) is 86.6 Å². The number of carbonyl (C=O) groups excluding carboxylic acids is 5. The number of ketones is 1. The van der Waals surface area contributed by atoms with Gasteiger partial charge in [0.2, 0.25) is 11.8 Å². The van der Waals surface area contributed by atoms with Gasteiger partial charge in [0.05, 0.1) is 78.0 Å². The maximum Gasteiger partial charge on any atom is 0.258 e. The number of hydroxylamine groups is 1. The number of benzene rings is 7. The molecule has 2 aliphatic rings. The van der Waals surface area contributed by atoms with Crippen LogP contribution in [0.5, 0.6) is 0 Å². The third-order valence-corrected chi connectivity index (χ3v) is 14.9. The second kappa shape index (κ2) is 24.4. The predicted octanol–water partition coefficient (Wildman–Crippen LogP) is 7.21. The van der Waals surface area contributed by atoms with Crippen LogP contribution in [0.15, 0.2) is 133 Å². The lowest BCUT2D eigenvalue weighted by Crippen LogP contribution is -3.20. The van der Waals surface area contributed by atoms with Crippen LogP contribution in [-0.2, 0) is 27.5 Å². The van der Waals surface area contributed by atoms with E-state index in [-0.39, 0.29) is 78.8 Å². The van der Waals surface area contributed by atoms with E-state index in [1.165, 1.54) is 29.2 Å². The zero-order chi connectivity index (χ0) is 53.9. The summed E-state index contributed by atoms with van der Waals surface area (Å²) in [4.78, 5) is 75.5. The smallest absolute Gasteiger partial charge is 0.258 e. The highest BCUT2D eigenvalue weighted by molar-refractivity contribution is 6.13. The zero-order valence-corrected chi connectivity index (χ0v) is 45.6. The number of nitrogens with one attached hydrogen (secondary N) is 5. The van der Waals surface area contributed by atoms with Crippen LogP contribution in [0, 0.1) is 41.7 Å². The highest BCUT2D eigenvalue weighted by atomic mass is 35.5. The Morgan fingerprint density at radius 3 is 1.77 bits per heavy atom. The second-order valence-corrected chi connectivity index (χ2v) is 19.5. The fourth-order valence-electron chi connectivity index (χ4n) is 10.2. The average molecular weight is 1090 g/mol. The monoisotopic (exact) mass is 1090 g/mol. The van der Waals surface area contributed by atoms with Crippen molar-refractivity contribution >= 4 is 92.8 Å². The third-order valence-electron chi connectivity index (χ3n) is 14.9. The molecule has 2 unspecified atom stereocenters. The van der Waals surface area contributed by atoms with E-state index in [0.717, 1.165) is 43.8 Å². The van der Waals surface area contributed by atoms with Gasteiger partial charge in [-0.1, -0.05) is 84.9 Å². The topological polar surface area (TPSA) is 218 Å². The zero-order valence-electron chi connectivity index (χ0n) is 43.9. The van der Waals surface area contributed by atoms with Gasteiger partial charge in [0.25, 0.3) is 11.8 Å². The number of fused-ring (bicyclic) bond motifs is 4. The van der Waals surface area contributed by atoms with Crippen molar-refractivity contribution in [3.63, 3.8) is 0 Å². The minimum absolute atomic E-state index is 0. The van der Waals surface area contributed by atoms with E-state index >= 15 is 14.8 Å². The Hall–Kier alpha value is -8.19. The quantitative estimate of drug-likeness (QED) is 0.0574. The first kappa shape index (κ1) is 57.5. The first-order valence-electron chi connectivity index (χ1n) is 25.2. The fourth-order valence-corrected chi connectivity index (χ4v) is 10.2. The molecule has 4 amide bonds. The van der Waals surface area contributed by atoms with Crippen LogP contribution in [-0.4, -0.2) is 74.3 Å². The molecule has 9 rings (SSSR count). The normalized spacial score (nSPS) is 17.6. The summed E-state index contributed by atoms with van der Waals surface area (Å²) in [6.45, 7) is 7.16. The summed E-state index contributed by atoms with van der Waals surface area (Å²) in [5.41, 5.74) is 5.92. The maximum absolute atomic E-state index is 15.2. The van der Waals surface area contributed by atoms with Crippen LogP contribution >= 0.6 is 24.8 Å². The number of aryl methyl sites for hydroxylation is 2. The predicted molar refractivity (Wildman–Crippen MR) is 307 cm³/mol. The molecule has 18 heteroatoms. The van der Waals surface area contributed by atoms with Crippen molar-refractivity contribution in [2.45, 2.75) is 77.4 Å². The van der Waals surface area contributed by atoms with Crippen LogP contribution in [0.3, 0.4) is 0 Å². The molecule has 2 aliphatic heterocycles. The summed E-state index contributed by atoms with van der Waals surface area (Å²) >= 11 is 0. The summed E-state index contributed by atoms with van der Waals surface area (Å²) in [6, 6.07) is 41.2. The number of anilines is 3. The molecule has 0 saturated heterocycles. The molecule has 5 N–H and O–H groups in total. The molecule has 0 radical (unpaired) electrons. The molecule has 16 nitrogen and oxygen atoms in total. The first-order chi connectivity index (χ1) is 36.6. The van der Waals surface area contributed by atoms with E-state index in [9.17, 15) is 24.9 Å². The Bertz CT molecular complexity index is 3540. The van der Waals surface area contributed by atoms with Crippen molar-refractivity contribution in [2.75, 3.05) is 35.4 Å². The van der Waals surface area contributed by atoms with E-state index < -0.39 is 64.8 Å². The van der Waals surface area contributed by atoms with E-state index in [2.05, 4.69) is 33.4 Å². The molecular formula is C60H60Cl2N10O6. The molecule has 7 aromatic carbocycles. The molecule has 7 aromatic rings. The van der Waals surface area contributed by atoms with Crippen LogP contribution in [0.4, 0.5) is 17.1 Å². The maximum atomic E-state index is 15.2. The van der Waals surface area contributed by atoms with Gasteiger partial charge < -0.3 is 36.3 Å². The van der Waals surface area contributed by atoms with Gasteiger partial charge in [0, 0.05) is 17.5 Å². The number of amides is 4. The third kappa shape index (κ3) is 11.3. The van der Waals surface area contributed by atoms with Gasteiger partial charge in [-0.05, 0) is 140 Å². The molecule has 6 atom stereocenters. The van der Waals surface area contributed by atoms with Gasteiger partial charge in [0.1, 0.15) is 6.04 Å². The number of halogens is 2. The highest BCUT2D eigenvalue weighted by Crippen LogP contribution is 2.39. The molecule has 0 spiro atoms. The Kier molecular flexibility index (Phi) is 18.0. The second-order valence-electron chi connectivity index (χ2n) is 19.5. The van der Waals surface area contributed by atoms with Crippen molar-refractivity contribution in [1.82, 2.24) is 21.3 Å². The molecule has 2 heterocycles. The highest BCUT2D eigenvalue weighted by Gasteiger charge is 2.41. The molecule has 400 valence electrons. The Labute approximate surface area is 465 Å². The SMILES string of the molecule is CN[C@@H](C)C(=O)N[C@H]1CN(C(=O)c2ccc(C(=O)C3C[C@@H](NC(=O)[C@H](C)NC)[NH+]([O-])N(Cc4c(C)ccc5ccccc45)c4ccc(C#N)cc43)cc2)c2cc(C#N)ccc2N(Cc2c(C)ccc3ccccc23)C1=O.Cl.Cl. The van der Waals surface area contributed by atoms with Crippen molar-refractivity contribution in [3.8, 4) is 12.1 Å². The molecule has 0 aromatic heterocycles. The van der Waals surface area contributed by atoms with Crippen molar-refractivity contribution in [2.24, 2.45) is 0 Å². The van der Waals surface area contributed by atoms with Crippen LogP contribution in [0.2, 0.25) is 0 Å². The first-order valence-corrected chi connectivity index (χ1v) is 25.2. The molecule has 0 aliphatic carbocycles. The summed E-state index contributed by atoms with van der Waals surface area (Å²) in [7, 11) is 3.26. The fraction of sp³-hybridized carbons (Fsp3) is 0.250. The summed E-state index contributed by atoms with van der Waals surface area (Å²) < 4.78 is 0. The molecule has 0 bridgehead atoms. The van der Waals surface area contributed by atoms with Crippen LogP contribution in [0.1, 0.15) is 85.8 Å². The Morgan fingerprint density at radius 1 is 0.667 bits per heavy atom. The lowest BCUT2D eigenvalue weighted by Gasteiger charge is -2.40. The number of hydrogen-bond donors (Lipinski definition) is 5. The standard InChI is InChI=1S/C60H58N10O6.2ClH/c1-35-15-19-41-11-7-9-13-45(41)49(35)32-67-53-26-18-40(31-62)28-54(53)68(34-51(60(67)75)65-57(72)37(3)63-5)59(74)44-23-21-43(22-24-44)56(71)48-29-55(66-58(73)38(4)64-6)70(76)69(52-25-17-39(30-61)27-47(48)52)33-50-36(2)16-20-42-12-8-10-14-46(42)50;;/h7-28,37-38,48,51,55,63-64,70H,29,32-34H2,1-6H3,(H,65,72)(H,66,73);2*1H/t37-,38-,48?,51-,55-;;/m0../s1. The minimum Gasteiger partial charge on any atom is -0.606 e. The van der Waals surface area contributed by atoms with Gasteiger partial charge in [-0.2, -0.15) is 10.5 Å². The number of nitriles is 2. The van der Waals surface area contributed by atoms with Gasteiger partial charge in [-0.25, -0.2) is 10.2 Å². The molecule has 78 heavy (non-hydrogen) atoms. The van der Waals surface area contributed by atoms with Gasteiger partial charge in [0.15, 0.2) is 11.9 Å². The number of nitrogens with zero attached hydrogens (tertiary/aromatic N) is 5. The largest absolute Gasteiger partial charge is 0.606 e. The minimum atomic E-state index is -1.23. The number of Topliss-reactive ketones (excluding diaryl/α,β-unsaturated/α-hetero) is 1. The van der Waals surface area contributed by atoms with E-state index in [0.29, 0.717) is 16.9 Å². The number of likely N-dealkylation sites (N-methyl/N-ethyl adjacent to an activating group) is 2. The van der Waals surface area contributed by atoms with Crippen LogP contribution < -0.4 is 41.2 Å². The van der Waals surface area contributed by atoms with Gasteiger partial charge in [-0.3, -0.25) is 24.0 Å². The molecular weight excluding hydrogens is 1030 g/mol. The summed E-state index contributed by atoms with van der Waals surface area (Å²) in [5, 5.41) is 52.0. The summed E-state index contributed by atoms with van der Waals surface area (Å²) in [5.74, 6) is -3.40. The van der Waals surface area contributed by atoms with Crippen LogP contribution in [0.25, 0.3) is 21.5 Å². The lowest BCUT2D eigenvalue weighted by molar-refractivity contribution is -0.888. The van der Waals surface area contributed by atoms with E-state index in [4.69, 9.17) is 0 Å². The number of rotatable bonds is 13. The van der Waals surface area contributed by atoms with Crippen molar-refractivity contribution in [3.05, 3.63) is 189 Å². The molecule has 0 fully saturated rings.